The summed E-state index contributed by atoms with van der Waals surface area (Å²) in [4.78, 5) is 28.9. The van der Waals surface area contributed by atoms with Crippen molar-refractivity contribution >= 4 is 17.5 Å². The number of ether oxygens (including phenoxy) is 1. The lowest BCUT2D eigenvalue weighted by Gasteiger charge is -2.39. The van der Waals surface area contributed by atoms with Crippen molar-refractivity contribution in [1.29, 1.82) is 0 Å². The highest BCUT2D eigenvalue weighted by molar-refractivity contribution is 6.00. The van der Waals surface area contributed by atoms with Crippen LogP contribution in [-0.2, 0) is 14.3 Å². The Bertz CT molecular complexity index is 854. The summed E-state index contributed by atoms with van der Waals surface area (Å²) in [6.07, 6.45) is -0.791. The summed E-state index contributed by atoms with van der Waals surface area (Å²) in [6.45, 7) is 0.273. The fourth-order valence-electron chi connectivity index (χ4n) is 3.98. The molecule has 0 saturated carbocycles. The number of fused-ring (bicyclic) bond motifs is 1. The van der Waals surface area contributed by atoms with Gasteiger partial charge in [-0.15, -0.1) is 0 Å². The van der Waals surface area contributed by atoms with Gasteiger partial charge in [0, 0.05) is 25.2 Å². The van der Waals surface area contributed by atoms with Gasteiger partial charge < -0.3 is 19.6 Å². The first kappa shape index (κ1) is 17.7. The van der Waals surface area contributed by atoms with Gasteiger partial charge in [0.25, 0.3) is 5.91 Å². The molecule has 2 aliphatic heterocycles. The molecule has 27 heavy (non-hydrogen) atoms. The van der Waals surface area contributed by atoms with E-state index in [1.165, 1.54) is 0 Å². The van der Waals surface area contributed by atoms with Crippen LogP contribution >= 0.6 is 0 Å². The quantitative estimate of drug-likeness (QED) is 0.898. The maximum absolute atomic E-state index is 13.4. The molecule has 6 nitrogen and oxygen atoms in total. The van der Waals surface area contributed by atoms with E-state index < -0.39 is 12.1 Å². The zero-order chi connectivity index (χ0) is 19.0. The smallest absolute Gasteiger partial charge is 0.258 e. The van der Waals surface area contributed by atoms with Gasteiger partial charge >= 0.3 is 0 Å². The Labute approximate surface area is 158 Å². The summed E-state index contributed by atoms with van der Waals surface area (Å²) < 4.78 is 5.74. The number of carbonyl (C=O) groups is 2. The third-order valence-electron chi connectivity index (χ3n) is 5.43. The van der Waals surface area contributed by atoms with Gasteiger partial charge in [0.15, 0.2) is 6.10 Å². The van der Waals surface area contributed by atoms with Crippen LogP contribution in [-0.4, -0.2) is 54.7 Å². The van der Waals surface area contributed by atoms with Gasteiger partial charge in [0.05, 0.1) is 12.6 Å². The second-order valence-corrected chi connectivity index (χ2v) is 6.98. The molecule has 1 fully saturated rings. The lowest BCUT2D eigenvalue weighted by molar-refractivity contribution is -0.161. The summed E-state index contributed by atoms with van der Waals surface area (Å²) in [7, 11) is 1.71. The number of hydrogen-bond donors (Lipinski definition) is 1. The summed E-state index contributed by atoms with van der Waals surface area (Å²) in [5.41, 5.74) is 2.62. The first-order valence-corrected chi connectivity index (χ1v) is 9.05. The SMILES string of the molecule is CN1C(=O)COC(C(=O)N2CC(CO)c3ccccc32)C1c1ccccc1. The number of nitrogens with zero attached hydrogens (tertiary/aromatic N) is 2. The molecule has 2 amide bonds. The molecule has 1 saturated heterocycles. The summed E-state index contributed by atoms with van der Waals surface area (Å²) in [5, 5.41) is 9.71. The largest absolute Gasteiger partial charge is 0.396 e. The van der Waals surface area contributed by atoms with Crippen molar-refractivity contribution in [2.75, 3.05) is 31.7 Å². The van der Waals surface area contributed by atoms with Crippen molar-refractivity contribution in [2.24, 2.45) is 0 Å². The minimum atomic E-state index is -0.791. The van der Waals surface area contributed by atoms with Crippen molar-refractivity contribution < 1.29 is 19.4 Å². The highest BCUT2D eigenvalue weighted by Crippen LogP contribution is 2.38. The monoisotopic (exact) mass is 366 g/mol. The summed E-state index contributed by atoms with van der Waals surface area (Å²) >= 11 is 0. The van der Waals surface area contributed by atoms with E-state index >= 15 is 0 Å². The molecule has 6 heteroatoms. The Balaban J connectivity index is 1.69. The number of rotatable bonds is 3. The third-order valence-corrected chi connectivity index (χ3v) is 5.43. The Morgan fingerprint density at radius 1 is 1.15 bits per heavy atom. The van der Waals surface area contributed by atoms with E-state index in [1.54, 1.807) is 16.8 Å². The Kier molecular flexibility index (Phi) is 4.68. The van der Waals surface area contributed by atoms with E-state index in [-0.39, 0.29) is 30.9 Å². The molecule has 2 heterocycles. The van der Waals surface area contributed by atoms with Gasteiger partial charge in [-0.05, 0) is 17.2 Å². The van der Waals surface area contributed by atoms with Crippen LogP contribution in [0, 0.1) is 0 Å². The number of hydrogen-bond acceptors (Lipinski definition) is 4. The molecule has 2 aromatic carbocycles. The van der Waals surface area contributed by atoms with Gasteiger partial charge in [0.1, 0.15) is 6.61 Å². The molecule has 3 unspecified atom stereocenters. The number of anilines is 1. The molecule has 3 atom stereocenters. The lowest BCUT2D eigenvalue weighted by atomic mass is 9.97. The summed E-state index contributed by atoms with van der Waals surface area (Å²) in [5.74, 6) is -0.446. The van der Waals surface area contributed by atoms with Crippen molar-refractivity contribution in [3.63, 3.8) is 0 Å². The number of aliphatic hydroxyl groups is 1. The highest BCUT2D eigenvalue weighted by atomic mass is 16.5. The number of morpholine rings is 1. The number of para-hydroxylation sites is 1. The van der Waals surface area contributed by atoms with Gasteiger partial charge in [0.2, 0.25) is 5.91 Å². The zero-order valence-corrected chi connectivity index (χ0v) is 15.1. The third kappa shape index (κ3) is 3.01. The van der Waals surface area contributed by atoms with Crippen LogP contribution in [0.25, 0.3) is 0 Å². The molecule has 0 bridgehead atoms. The molecule has 2 aromatic rings. The van der Waals surface area contributed by atoms with Crippen LogP contribution in [0.5, 0.6) is 0 Å². The van der Waals surface area contributed by atoms with Crippen molar-refractivity contribution in [1.82, 2.24) is 4.90 Å². The molecule has 0 spiro atoms. The summed E-state index contributed by atoms with van der Waals surface area (Å²) in [6, 6.07) is 16.6. The van der Waals surface area contributed by atoms with Gasteiger partial charge in [-0.1, -0.05) is 48.5 Å². The first-order chi connectivity index (χ1) is 13.1. The topological polar surface area (TPSA) is 70.1 Å². The molecule has 0 radical (unpaired) electrons. The average Bonchev–Trinajstić information content (AvgIpc) is 3.09. The minimum absolute atomic E-state index is 0.0210. The zero-order valence-electron chi connectivity index (χ0n) is 15.1. The number of aliphatic hydroxyl groups excluding tert-OH is 1. The lowest BCUT2D eigenvalue weighted by Crippen LogP contribution is -2.54. The average molecular weight is 366 g/mol. The van der Waals surface area contributed by atoms with E-state index in [9.17, 15) is 14.7 Å². The number of amides is 2. The van der Waals surface area contributed by atoms with E-state index in [2.05, 4.69) is 0 Å². The fraction of sp³-hybridized carbons (Fsp3) is 0.333. The first-order valence-electron chi connectivity index (χ1n) is 9.05. The van der Waals surface area contributed by atoms with Crippen LogP contribution < -0.4 is 4.90 Å². The Hall–Kier alpha value is -2.70. The van der Waals surface area contributed by atoms with Crippen LogP contribution in [0.15, 0.2) is 54.6 Å². The fourth-order valence-corrected chi connectivity index (χ4v) is 3.98. The highest BCUT2D eigenvalue weighted by Gasteiger charge is 2.44. The van der Waals surface area contributed by atoms with E-state index in [1.807, 2.05) is 54.6 Å². The van der Waals surface area contributed by atoms with Crippen molar-refractivity contribution in [2.45, 2.75) is 18.1 Å². The molecule has 1 N–H and O–H groups in total. The molecule has 0 aromatic heterocycles. The number of likely N-dealkylation sites (N-methyl/N-ethyl adjacent to an activating group) is 1. The van der Waals surface area contributed by atoms with Crippen LogP contribution in [0.1, 0.15) is 23.1 Å². The predicted molar refractivity (Wildman–Crippen MR) is 100 cm³/mol. The van der Waals surface area contributed by atoms with E-state index in [0.717, 1.165) is 16.8 Å². The second kappa shape index (κ2) is 7.13. The van der Waals surface area contributed by atoms with E-state index in [4.69, 9.17) is 4.74 Å². The Morgan fingerprint density at radius 3 is 2.59 bits per heavy atom. The second-order valence-electron chi connectivity index (χ2n) is 6.98. The molecular formula is C21H22N2O4. The van der Waals surface area contributed by atoms with E-state index in [0.29, 0.717) is 6.54 Å². The van der Waals surface area contributed by atoms with Gasteiger partial charge in [-0.25, -0.2) is 0 Å². The van der Waals surface area contributed by atoms with Gasteiger partial charge in [-0.2, -0.15) is 0 Å². The number of benzene rings is 2. The Morgan fingerprint density at radius 2 is 1.85 bits per heavy atom. The standard InChI is InChI=1S/C21H22N2O4/c1-22-18(25)13-27-20(19(22)14-7-3-2-4-8-14)21(26)23-11-15(12-24)16-9-5-6-10-17(16)23/h2-10,15,19-20,24H,11-13H2,1H3. The maximum Gasteiger partial charge on any atom is 0.258 e. The minimum Gasteiger partial charge on any atom is -0.396 e. The maximum atomic E-state index is 13.4. The van der Waals surface area contributed by atoms with Crippen molar-refractivity contribution in [3.05, 3.63) is 65.7 Å². The van der Waals surface area contributed by atoms with Crippen molar-refractivity contribution in [3.8, 4) is 0 Å². The van der Waals surface area contributed by atoms with Crippen LogP contribution in [0.2, 0.25) is 0 Å². The van der Waals surface area contributed by atoms with Crippen LogP contribution in [0.3, 0.4) is 0 Å². The molecule has 140 valence electrons. The van der Waals surface area contributed by atoms with Crippen LogP contribution in [0.4, 0.5) is 5.69 Å². The molecule has 0 aliphatic carbocycles. The normalized spacial score (nSPS) is 24.8. The van der Waals surface area contributed by atoms with Gasteiger partial charge in [-0.3, -0.25) is 9.59 Å². The molecule has 4 rings (SSSR count). The molecule has 2 aliphatic rings. The number of carbonyl (C=O) groups excluding carboxylic acids is 2. The molecular weight excluding hydrogens is 344 g/mol. The predicted octanol–water partition coefficient (Wildman–Crippen LogP) is 1.71.